The van der Waals surface area contributed by atoms with Crippen molar-refractivity contribution in [3.05, 3.63) is 53.2 Å². The first-order valence-corrected chi connectivity index (χ1v) is 11.8. The zero-order valence-corrected chi connectivity index (χ0v) is 19.4. The average Bonchev–Trinajstić information content (AvgIpc) is 2.88. The number of anilines is 2. The van der Waals surface area contributed by atoms with Crippen LogP contribution in [-0.4, -0.2) is 72.5 Å². The van der Waals surface area contributed by atoms with Gasteiger partial charge in [-0.15, -0.1) is 4.91 Å². The standard InChI is InChI=1S/C24H29F3N6O2/c25-24(26,27)21-17-19(1-2-22(21)30-35)29-18-5-11-33(12-6-18)23(34)7-10-31-13-15-32(16-14-31)20-3-8-28-9-4-20/h1-4,8-9,17-18,29H,5-7,10-16H2. The monoisotopic (exact) mass is 490 g/mol. The maximum atomic E-state index is 13.2. The SMILES string of the molecule is O=Nc1ccc(NC2CCN(C(=O)CCN3CCN(c4ccncc4)CC3)CC2)cc1C(F)(F)F. The summed E-state index contributed by atoms with van der Waals surface area (Å²) in [4.78, 5) is 33.9. The first-order valence-electron chi connectivity index (χ1n) is 11.8. The van der Waals surface area contributed by atoms with E-state index in [1.807, 2.05) is 17.0 Å². The first kappa shape index (κ1) is 24.9. The maximum absolute atomic E-state index is 13.2. The third-order valence-corrected chi connectivity index (χ3v) is 6.66. The summed E-state index contributed by atoms with van der Waals surface area (Å²) in [5.41, 5.74) is -0.215. The highest BCUT2D eigenvalue weighted by molar-refractivity contribution is 5.76. The number of amides is 1. The van der Waals surface area contributed by atoms with Crippen molar-refractivity contribution < 1.29 is 18.0 Å². The maximum Gasteiger partial charge on any atom is 0.418 e. The van der Waals surface area contributed by atoms with E-state index >= 15 is 0 Å². The zero-order chi connectivity index (χ0) is 24.8. The number of nitrogens with zero attached hydrogens (tertiary/aromatic N) is 5. The molecule has 4 rings (SSSR count). The number of halogens is 3. The fourth-order valence-electron chi connectivity index (χ4n) is 4.64. The van der Waals surface area contributed by atoms with Gasteiger partial charge >= 0.3 is 6.18 Å². The van der Waals surface area contributed by atoms with Crippen molar-refractivity contribution in [1.29, 1.82) is 0 Å². The molecule has 2 saturated heterocycles. The molecule has 0 aliphatic carbocycles. The van der Waals surface area contributed by atoms with Crippen molar-refractivity contribution in [3.63, 3.8) is 0 Å². The van der Waals surface area contributed by atoms with Crippen molar-refractivity contribution in [1.82, 2.24) is 14.8 Å². The van der Waals surface area contributed by atoms with Crippen molar-refractivity contribution in [2.24, 2.45) is 5.18 Å². The number of piperidine rings is 1. The molecule has 1 aromatic carbocycles. The Balaban J connectivity index is 1.19. The summed E-state index contributed by atoms with van der Waals surface area (Å²) in [5, 5.41) is 5.58. The summed E-state index contributed by atoms with van der Waals surface area (Å²) in [7, 11) is 0. The Morgan fingerprint density at radius 3 is 2.34 bits per heavy atom. The molecule has 3 heterocycles. The van der Waals surface area contributed by atoms with E-state index in [9.17, 15) is 22.9 Å². The van der Waals surface area contributed by atoms with E-state index in [1.54, 1.807) is 12.4 Å². The van der Waals surface area contributed by atoms with Gasteiger partial charge in [-0.25, -0.2) is 0 Å². The number of aromatic nitrogens is 1. The van der Waals surface area contributed by atoms with E-state index in [0.29, 0.717) is 38.0 Å². The molecule has 11 heteroatoms. The predicted octanol–water partition coefficient (Wildman–Crippen LogP) is 4.11. The highest BCUT2D eigenvalue weighted by atomic mass is 19.4. The minimum absolute atomic E-state index is 0.0450. The van der Waals surface area contributed by atoms with Crippen LogP contribution < -0.4 is 10.2 Å². The van der Waals surface area contributed by atoms with Crippen LogP contribution in [0.1, 0.15) is 24.8 Å². The lowest BCUT2D eigenvalue weighted by molar-refractivity contribution is -0.137. The number of piperazine rings is 1. The number of hydrogen-bond acceptors (Lipinski definition) is 7. The number of alkyl halides is 3. The fourth-order valence-corrected chi connectivity index (χ4v) is 4.64. The lowest BCUT2D eigenvalue weighted by Gasteiger charge is -2.37. The van der Waals surface area contributed by atoms with Crippen LogP contribution in [0.15, 0.2) is 47.9 Å². The number of pyridine rings is 1. The molecule has 2 fully saturated rings. The van der Waals surface area contributed by atoms with Crippen molar-refractivity contribution in [2.45, 2.75) is 31.5 Å². The molecular weight excluding hydrogens is 461 g/mol. The number of benzene rings is 1. The third kappa shape index (κ3) is 6.47. The Labute approximate surface area is 202 Å². The van der Waals surface area contributed by atoms with E-state index in [0.717, 1.165) is 50.5 Å². The van der Waals surface area contributed by atoms with Crippen LogP contribution in [-0.2, 0) is 11.0 Å². The molecule has 2 aliphatic heterocycles. The van der Waals surface area contributed by atoms with E-state index in [-0.39, 0.29) is 11.9 Å². The topological polar surface area (TPSA) is 81.1 Å². The van der Waals surface area contributed by atoms with E-state index < -0.39 is 17.4 Å². The number of rotatable bonds is 7. The summed E-state index contributed by atoms with van der Waals surface area (Å²) >= 11 is 0. The molecule has 188 valence electrons. The molecule has 0 spiro atoms. The number of carbonyl (C=O) groups is 1. The van der Waals surface area contributed by atoms with Crippen molar-refractivity contribution >= 4 is 23.0 Å². The Hall–Kier alpha value is -3.21. The lowest BCUT2D eigenvalue weighted by Crippen LogP contribution is -2.48. The van der Waals surface area contributed by atoms with E-state index in [1.165, 1.54) is 6.07 Å². The van der Waals surface area contributed by atoms with Gasteiger partial charge in [0.15, 0.2) is 0 Å². The molecule has 35 heavy (non-hydrogen) atoms. The molecule has 1 aromatic heterocycles. The molecule has 8 nitrogen and oxygen atoms in total. The molecule has 1 N–H and O–H groups in total. The molecule has 2 aliphatic rings. The molecule has 0 atom stereocenters. The number of nitroso groups, excluding NO2 is 1. The summed E-state index contributed by atoms with van der Waals surface area (Å²) in [6.07, 6.45) is 0.682. The second-order valence-electron chi connectivity index (χ2n) is 8.90. The van der Waals surface area contributed by atoms with Crippen LogP contribution in [0.2, 0.25) is 0 Å². The third-order valence-electron chi connectivity index (χ3n) is 6.66. The lowest BCUT2D eigenvalue weighted by atomic mass is 10.0. The number of likely N-dealkylation sites (tertiary alicyclic amines) is 1. The molecule has 0 radical (unpaired) electrons. The normalized spacial score (nSPS) is 17.9. The van der Waals surface area contributed by atoms with Gasteiger partial charge in [0.25, 0.3) is 0 Å². The Bertz CT molecular complexity index is 1000. The second-order valence-corrected chi connectivity index (χ2v) is 8.90. The summed E-state index contributed by atoms with van der Waals surface area (Å²) < 4.78 is 39.5. The van der Waals surface area contributed by atoms with E-state index in [2.05, 4.69) is 25.3 Å². The first-order chi connectivity index (χ1) is 16.8. The van der Waals surface area contributed by atoms with Gasteiger partial charge in [0.1, 0.15) is 5.69 Å². The minimum atomic E-state index is -4.65. The predicted molar refractivity (Wildman–Crippen MR) is 128 cm³/mol. The van der Waals surface area contributed by atoms with Gasteiger partial charge in [-0.1, -0.05) is 0 Å². The molecule has 0 unspecified atom stereocenters. The second kappa shape index (κ2) is 11.0. The van der Waals surface area contributed by atoms with Gasteiger partial charge in [-0.05, 0) is 48.4 Å². The molecule has 0 saturated carbocycles. The quantitative estimate of drug-likeness (QED) is 0.589. The largest absolute Gasteiger partial charge is 0.418 e. The van der Waals surface area contributed by atoms with Crippen LogP contribution in [0.5, 0.6) is 0 Å². The van der Waals surface area contributed by atoms with Crippen molar-refractivity contribution in [2.75, 3.05) is 56.0 Å². The number of hydrogen-bond donors (Lipinski definition) is 1. The summed E-state index contributed by atoms with van der Waals surface area (Å²) in [6, 6.07) is 7.39. The van der Waals surface area contributed by atoms with Gasteiger partial charge in [0.2, 0.25) is 5.91 Å². The minimum Gasteiger partial charge on any atom is -0.382 e. The average molecular weight is 491 g/mol. The van der Waals surface area contributed by atoms with Crippen molar-refractivity contribution in [3.8, 4) is 0 Å². The fraction of sp³-hybridized carbons (Fsp3) is 0.500. The van der Waals surface area contributed by atoms with Crippen LogP contribution in [0.3, 0.4) is 0 Å². The van der Waals surface area contributed by atoms with E-state index in [4.69, 9.17) is 0 Å². The highest BCUT2D eigenvalue weighted by Crippen LogP contribution is 2.38. The van der Waals surface area contributed by atoms with Gasteiger partial charge < -0.3 is 15.1 Å². The van der Waals surface area contributed by atoms with Crippen LogP contribution in [0.4, 0.5) is 30.2 Å². The Kier molecular flexibility index (Phi) is 7.84. The van der Waals surface area contributed by atoms with Gasteiger partial charge in [-0.2, -0.15) is 13.2 Å². The summed E-state index contributed by atoms with van der Waals surface area (Å²) in [5.74, 6) is 0.112. The van der Waals surface area contributed by atoms with Gasteiger partial charge in [0, 0.05) is 82.0 Å². The number of nitrogens with one attached hydrogen (secondary N) is 1. The Morgan fingerprint density at radius 1 is 1.03 bits per heavy atom. The van der Waals surface area contributed by atoms with Crippen LogP contribution >= 0.6 is 0 Å². The smallest absolute Gasteiger partial charge is 0.382 e. The van der Waals surface area contributed by atoms with Crippen LogP contribution in [0.25, 0.3) is 0 Å². The Morgan fingerprint density at radius 2 is 1.71 bits per heavy atom. The highest BCUT2D eigenvalue weighted by Gasteiger charge is 2.34. The summed E-state index contributed by atoms with van der Waals surface area (Å²) in [6.45, 7) is 5.47. The van der Waals surface area contributed by atoms with Gasteiger partial charge in [0.05, 0.1) is 5.56 Å². The molecule has 0 bridgehead atoms. The molecule has 2 aromatic rings. The molecular formula is C24H29F3N6O2. The zero-order valence-electron chi connectivity index (χ0n) is 19.4. The molecule has 1 amide bonds. The van der Waals surface area contributed by atoms with Gasteiger partial charge in [-0.3, -0.25) is 14.7 Å². The van der Waals surface area contributed by atoms with Crippen LogP contribution in [0, 0.1) is 4.91 Å². The number of carbonyl (C=O) groups excluding carboxylic acids is 1.